The summed E-state index contributed by atoms with van der Waals surface area (Å²) in [6.45, 7) is 0.000161. The molecule has 1 amide bonds. The van der Waals surface area contributed by atoms with E-state index in [0.717, 1.165) is 12.1 Å². The number of primary amides is 1. The van der Waals surface area contributed by atoms with Crippen molar-refractivity contribution in [2.24, 2.45) is 5.73 Å². The van der Waals surface area contributed by atoms with Crippen LogP contribution < -0.4 is 5.73 Å². The summed E-state index contributed by atoms with van der Waals surface area (Å²) in [4.78, 5) is 15.3. The molecule has 1 aromatic heterocycles. The Bertz CT molecular complexity index is 708. The zero-order valence-electron chi connectivity index (χ0n) is 11.0. The third-order valence-electron chi connectivity index (χ3n) is 2.86. The molecule has 0 spiro atoms. The lowest BCUT2D eigenvalue weighted by molar-refractivity contribution is 0.0990. The summed E-state index contributed by atoms with van der Waals surface area (Å²) in [5.74, 6) is -2.76. The molecule has 0 saturated carbocycles. The Kier molecular flexibility index (Phi) is 4.50. The zero-order valence-corrected chi connectivity index (χ0v) is 11.7. The second-order valence-electron chi connectivity index (χ2n) is 4.23. The van der Waals surface area contributed by atoms with E-state index in [-0.39, 0.29) is 17.3 Å². The molecule has 0 aliphatic rings. The summed E-state index contributed by atoms with van der Waals surface area (Å²) < 4.78 is 31.5. The second-order valence-corrected chi connectivity index (χ2v) is 4.64. The Morgan fingerprint density at radius 2 is 2.10 bits per heavy atom. The average Bonchev–Trinajstić information content (AvgIpc) is 2.42. The van der Waals surface area contributed by atoms with Gasteiger partial charge in [0.1, 0.15) is 5.69 Å². The van der Waals surface area contributed by atoms with E-state index in [1.54, 1.807) is 0 Å². The van der Waals surface area contributed by atoms with Crippen molar-refractivity contribution in [3.8, 4) is 11.1 Å². The smallest absolute Gasteiger partial charge is 0.267 e. The van der Waals surface area contributed by atoms with Crippen LogP contribution in [0, 0.1) is 11.6 Å². The average molecular weight is 313 g/mol. The maximum absolute atomic E-state index is 13.4. The molecule has 2 rings (SSSR count). The number of nitrogens with zero attached hydrogens (tertiary/aromatic N) is 1. The quantitative estimate of drug-likeness (QED) is 0.944. The number of halogens is 3. The molecule has 0 aliphatic heterocycles. The van der Waals surface area contributed by atoms with Gasteiger partial charge in [-0.05, 0) is 17.7 Å². The van der Waals surface area contributed by atoms with Gasteiger partial charge in [0.05, 0.1) is 11.6 Å². The molecule has 0 saturated heterocycles. The van der Waals surface area contributed by atoms with Gasteiger partial charge >= 0.3 is 0 Å². The predicted octanol–water partition coefficient (Wildman–Crippen LogP) is 2.93. The molecular formula is C14H11ClF2N2O2. The molecular weight excluding hydrogens is 302 g/mol. The molecule has 4 nitrogen and oxygen atoms in total. The fraction of sp³-hybridized carbons (Fsp3) is 0.143. The van der Waals surface area contributed by atoms with Gasteiger partial charge in [0.15, 0.2) is 11.6 Å². The summed E-state index contributed by atoms with van der Waals surface area (Å²) in [7, 11) is 1.42. The van der Waals surface area contributed by atoms with Gasteiger partial charge in [-0.3, -0.25) is 4.79 Å². The maximum atomic E-state index is 13.4. The van der Waals surface area contributed by atoms with Gasteiger partial charge in [0.2, 0.25) is 0 Å². The molecule has 1 aromatic carbocycles. The lowest BCUT2D eigenvalue weighted by Gasteiger charge is -2.14. The topological polar surface area (TPSA) is 65.2 Å². The van der Waals surface area contributed by atoms with Crippen molar-refractivity contribution in [1.82, 2.24) is 4.98 Å². The van der Waals surface area contributed by atoms with Gasteiger partial charge < -0.3 is 10.5 Å². The molecule has 21 heavy (non-hydrogen) atoms. The Balaban J connectivity index is 2.73. The van der Waals surface area contributed by atoms with Gasteiger partial charge in [-0.25, -0.2) is 13.8 Å². The van der Waals surface area contributed by atoms with Crippen LogP contribution in [0.4, 0.5) is 8.78 Å². The normalized spacial score (nSPS) is 10.7. The van der Waals surface area contributed by atoms with Crippen LogP contribution in [0.2, 0.25) is 5.02 Å². The van der Waals surface area contributed by atoms with Gasteiger partial charge in [0, 0.05) is 24.4 Å². The molecule has 1 heterocycles. The first-order valence-electron chi connectivity index (χ1n) is 5.87. The number of methoxy groups -OCH3 is 1. The van der Waals surface area contributed by atoms with E-state index in [9.17, 15) is 13.6 Å². The predicted molar refractivity (Wildman–Crippen MR) is 73.8 cm³/mol. The van der Waals surface area contributed by atoms with Crippen LogP contribution in [0.3, 0.4) is 0 Å². The second kappa shape index (κ2) is 6.15. The van der Waals surface area contributed by atoms with Crippen LogP contribution in [0.15, 0.2) is 24.4 Å². The van der Waals surface area contributed by atoms with Crippen LogP contribution in [-0.2, 0) is 11.3 Å². The third-order valence-corrected chi connectivity index (χ3v) is 3.15. The van der Waals surface area contributed by atoms with Gasteiger partial charge in [-0.15, -0.1) is 0 Å². The summed E-state index contributed by atoms with van der Waals surface area (Å²) in [5, 5.41) is 0.179. The highest BCUT2D eigenvalue weighted by Crippen LogP contribution is 2.33. The molecule has 0 radical (unpaired) electrons. The minimum Gasteiger partial charge on any atom is -0.380 e. The van der Waals surface area contributed by atoms with Crippen molar-refractivity contribution in [3.63, 3.8) is 0 Å². The van der Waals surface area contributed by atoms with E-state index in [2.05, 4.69) is 4.98 Å². The molecule has 0 atom stereocenters. The number of carbonyl (C=O) groups excluding carboxylic acids is 1. The van der Waals surface area contributed by atoms with Crippen molar-refractivity contribution >= 4 is 17.5 Å². The summed E-state index contributed by atoms with van der Waals surface area (Å²) in [6, 6.07) is 3.31. The van der Waals surface area contributed by atoms with E-state index >= 15 is 0 Å². The first kappa shape index (κ1) is 15.3. The number of nitrogens with two attached hydrogens (primary N) is 1. The van der Waals surface area contributed by atoms with Crippen LogP contribution >= 0.6 is 11.6 Å². The highest BCUT2D eigenvalue weighted by molar-refractivity contribution is 6.33. The Morgan fingerprint density at radius 1 is 1.38 bits per heavy atom. The SMILES string of the molecule is COCc1c(C(N)=O)ncc(Cl)c1-c1ccc(F)c(F)c1. The van der Waals surface area contributed by atoms with Crippen molar-refractivity contribution < 1.29 is 18.3 Å². The number of ether oxygens (including phenoxy) is 1. The number of aromatic nitrogens is 1. The number of hydrogen-bond donors (Lipinski definition) is 1. The minimum atomic E-state index is -1.02. The highest BCUT2D eigenvalue weighted by atomic mass is 35.5. The number of benzene rings is 1. The summed E-state index contributed by atoms with van der Waals surface area (Å²) in [5.41, 5.74) is 6.19. The maximum Gasteiger partial charge on any atom is 0.267 e. The monoisotopic (exact) mass is 312 g/mol. The van der Waals surface area contributed by atoms with Crippen LogP contribution in [0.1, 0.15) is 16.1 Å². The van der Waals surface area contributed by atoms with E-state index in [0.29, 0.717) is 16.7 Å². The van der Waals surface area contributed by atoms with E-state index < -0.39 is 17.5 Å². The molecule has 7 heteroatoms. The third kappa shape index (κ3) is 3.01. The van der Waals surface area contributed by atoms with E-state index in [1.807, 2.05) is 0 Å². The highest BCUT2D eigenvalue weighted by Gasteiger charge is 2.19. The van der Waals surface area contributed by atoms with E-state index in [4.69, 9.17) is 22.1 Å². The summed E-state index contributed by atoms with van der Waals surface area (Å²) in [6.07, 6.45) is 1.23. The lowest BCUT2D eigenvalue weighted by Crippen LogP contribution is -2.17. The largest absolute Gasteiger partial charge is 0.380 e. The molecule has 2 N–H and O–H groups in total. The van der Waals surface area contributed by atoms with Crippen molar-refractivity contribution in [3.05, 3.63) is 52.3 Å². The minimum absolute atomic E-state index is 0.000161. The number of rotatable bonds is 4. The fourth-order valence-corrected chi connectivity index (χ4v) is 2.26. The Hall–Kier alpha value is -2.05. The van der Waals surface area contributed by atoms with Crippen LogP contribution in [-0.4, -0.2) is 18.0 Å². The van der Waals surface area contributed by atoms with E-state index in [1.165, 1.54) is 19.4 Å². The molecule has 0 aliphatic carbocycles. The molecule has 110 valence electrons. The lowest BCUT2D eigenvalue weighted by atomic mass is 9.99. The molecule has 0 fully saturated rings. The van der Waals surface area contributed by atoms with Crippen LogP contribution in [0.25, 0.3) is 11.1 Å². The standard InChI is InChI=1S/C14H11ClF2N2O2/c1-21-6-8-12(7-2-3-10(16)11(17)4-7)9(15)5-19-13(8)14(18)20/h2-5H,6H2,1H3,(H2,18,20). The van der Waals surface area contributed by atoms with Gasteiger partial charge in [-0.2, -0.15) is 0 Å². The molecule has 2 aromatic rings. The zero-order chi connectivity index (χ0) is 15.6. The molecule has 0 bridgehead atoms. The Morgan fingerprint density at radius 3 is 2.67 bits per heavy atom. The number of pyridine rings is 1. The number of amides is 1. The summed E-state index contributed by atoms with van der Waals surface area (Å²) >= 11 is 6.08. The van der Waals surface area contributed by atoms with Crippen LogP contribution in [0.5, 0.6) is 0 Å². The first-order valence-corrected chi connectivity index (χ1v) is 6.25. The number of hydrogen-bond acceptors (Lipinski definition) is 3. The fourth-order valence-electron chi connectivity index (χ4n) is 1.99. The first-order chi connectivity index (χ1) is 9.95. The Labute approximate surface area is 124 Å². The van der Waals surface area contributed by atoms with Gasteiger partial charge in [-0.1, -0.05) is 17.7 Å². The van der Waals surface area contributed by atoms with Gasteiger partial charge in [0.25, 0.3) is 5.91 Å². The van der Waals surface area contributed by atoms with Crippen molar-refractivity contribution in [2.45, 2.75) is 6.61 Å². The number of carbonyl (C=O) groups is 1. The molecule has 0 unspecified atom stereocenters. The van der Waals surface area contributed by atoms with Crippen molar-refractivity contribution in [1.29, 1.82) is 0 Å². The van der Waals surface area contributed by atoms with Crippen molar-refractivity contribution in [2.75, 3.05) is 7.11 Å².